The number of nitrogens with two attached hydrogens (primary N) is 1. The Kier molecular flexibility index (Phi) is 11.1. The van der Waals surface area contributed by atoms with Gasteiger partial charge in [-0.1, -0.05) is 33.8 Å². The molecule has 0 atom stereocenters. The van der Waals surface area contributed by atoms with E-state index >= 15 is 0 Å². The van der Waals surface area contributed by atoms with Crippen molar-refractivity contribution < 1.29 is 14.7 Å². The number of amides is 2. The quantitative estimate of drug-likeness (QED) is 0.424. The highest BCUT2D eigenvalue weighted by atomic mass is 16.3. The molecule has 1 fully saturated rings. The largest absolute Gasteiger partial charge is 0.393 e. The molecule has 0 radical (unpaired) electrons. The minimum Gasteiger partial charge on any atom is -0.393 e. The van der Waals surface area contributed by atoms with Crippen LogP contribution in [0.3, 0.4) is 0 Å². The van der Waals surface area contributed by atoms with Crippen molar-refractivity contribution in [3.8, 4) is 0 Å². The van der Waals surface area contributed by atoms with Crippen molar-refractivity contribution in [3.05, 3.63) is 59.2 Å². The number of hydrogen-bond donors (Lipinski definition) is 3. The molecule has 4 N–H and O–H groups in total. The van der Waals surface area contributed by atoms with Crippen molar-refractivity contribution in [2.45, 2.75) is 65.9 Å². The van der Waals surface area contributed by atoms with Gasteiger partial charge in [-0.15, -0.1) is 0 Å². The smallest absolute Gasteiger partial charge is 0.255 e. The number of carbonyl (C=O) groups excluding carboxylic acids is 2. The van der Waals surface area contributed by atoms with Crippen LogP contribution in [0.5, 0.6) is 0 Å². The lowest BCUT2D eigenvalue weighted by atomic mass is 10.0. The number of nitrogens with zero attached hydrogens (tertiary/aromatic N) is 3. The average molecular weight is 534 g/mol. The van der Waals surface area contributed by atoms with Crippen LogP contribution in [0.25, 0.3) is 6.08 Å². The zero-order valence-corrected chi connectivity index (χ0v) is 23.7. The van der Waals surface area contributed by atoms with Gasteiger partial charge in [-0.2, -0.15) is 0 Å². The topological polar surface area (TPSA) is 111 Å². The Hall–Kier alpha value is -3.65. The molecule has 8 heteroatoms. The molecule has 8 nitrogen and oxygen atoms in total. The summed E-state index contributed by atoms with van der Waals surface area (Å²) in [5, 5.41) is 12.7. The minimum atomic E-state index is -0.244. The number of rotatable bonds is 8. The van der Waals surface area contributed by atoms with E-state index in [0.29, 0.717) is 41.4 Å². The van der Waals surface area contributed by atoms with Gasteiger partial charge in [0.1, 0.15) is 5.84 Å². The number of fused-ring (bicyclic) bond motifs is 1. The third-order valence-corrected chi connectivity index (χ3v) is 6.76. The van der Waals surface area contributed by atoms with E-state index < -0.39 is 0 Å². The number of benzene rings is 2. The molecular formula is C31H43N5O3. The normalized spacial score (nSPS) is 15.2. The summed E-state index contributed by atoms with van der Waals surface area (Å²) in [6.07, 6.45) is 5.23. The van der Waals surface area contributed by atoms with Crippen LogP contribution in [0.4, 0.5) is 17.1 Å². The summed E-state index contributed by atoms with van der Waals surface area (Å²) >= 11 is 0. The molecule has 0 aromatic heterocycles. The van der Waals surface area contributed by atoms with Crippen molar-refractivity contribution in [2.75, 3.05) is 36.4 Å². The Morgan fingerprint density at radius 2 is 1.69 bits per heavy atom. The Morgan fingerprint density at radius 3 is 2.31 bits per heavy atom. The number of amidine groups is 1. The first-order valence-electron chi connectivity index (χ1n) is 14.2. The fraction of sp³-hybridized carbons (Fsp3) is 0.452. The lowest BCUT2D eigenvalue weighted by molar-refractivity contribution is -0.127. The maximum Gasteiger partial charge on any atom is 0.255 e. The van der Waals surface area contributed by atoms with Crippen LogP contribution in [0.1, 0.15) is 75.7 Å². The zero-order chi connectivity index (χ0) is 28.4. The predicted molar refractivity (Wildman–Crippen MR) is 161 cm³/mol. The van der Waals surface area contributed by atoms with Gasteiger partial charge >= 0.3 is 0 Å². The molecule has 0 unspecified atom stereocenters. The SMILES string of the molecule is CC.CCCN(CCC)C(=O)C1=Cc2ccc(C(=O)Nc3ccc(N4CCC(O)CC4)cc3)cc2N=C(N)C1. The molecule has 2 aromatic rings. The summed E-state index contributed by atoms with van der Waals surface area (Å²) in [7, 11) is 0. The van der Waals surface area contributed by atoms with Crippen LogP contribution < -0.4 is 16.0 Å². The molecule has 4 rings (SSSR count). The number of piperidine rings is 1. The summed E-state index contributed by atoms with van der Waals surface area (Å²) in [6.45, 7) is 11.2. The van der Waals surface area contributed by atoms with E-state index in [0.717, 1.165) is 50.0 Å². The van der Waals surface area contributed by atoms with Crippen molar-refractivity contribution in [3.63, 3.8) is 0 Å². The van der Waals surface area contributed by atoms with Crippen LogP contribution in [-0.2, 0) is 4.79 Å². The molecule has 2 aromatic carbocycles. The summed E-state index contributed by atoms with van der Waals surface area (Å²) in [5.41, 5.74) is 10.4. The van der Waals surface area contributed by atoms with Crippen LogP contribution >= 0.6 is 0 Å². The number of aliphatic hydroxyl groups excluding tert-OH is 1. The predicted octanol–water partition coefficient (Wildman–Crippen LogP) is 5.35. The Morgan fingerprint density at radius 1 is 1.05 bits per heavy atom. The molecule has 0 bridgehead atoms. The van der Waals surface area contributed by atoms with E-state index in [1.54, 1.807) is 12.1 Å². The maximum atomic E-state index is 13.2. The Labute approximate surface area is 232 Å². The molecule has 210 valence electrons. The van der Waals surface area contributed by atoms with Gasteiger partial charge < -0.3 is 26.0 Å². The van der Waals surface area contributed by atoms with Gasteiger partial charge in [0.05, 0.1) is 11.8 Å². The third kappa shape index (κ3) is 7.93. The number of aliphatic imine (C=N–C) groups is 1. The van der Waals surface area contributed by atoms with E-state index in [9.17, 15) is 14.7 Å². The number of aliphatic hydroxyl groups is 1. The molecule has 0 saturated carbocycles. The minimum absolute atomic E-state index is 0.0132. The van der Waals surface area contributed by atoms with Gasteiger partial charge in [-0.05, 0) is 68.2 Å². The van der Waals surface area contributed by atoms with Gasteiger partial charge in [0, 0.05) is 60.7 Å². The van der Waals surface area contributed by atoms with Gasteiger partial charge in [0.25, 0.3) is 5.91 Å². The van der Waals surface area contributed by atoms with Crippen molar-refractivity contribution in [1.29, 1.82) is 0 Å². The summed E-state index contributed by atoms with van der Waals surface area (Å²) in [5.74, 6) is 0.0948. The fourth-order valence-electron chi connectivity index (χ4n) is 4.81. The Balaban J connectivity index is 0.00000205. The monoisotopic (exact) mass is 533 g/mol. The number of carbonyl (C=O) groups is 2. The van der Waals surface area contributed by atoms with E-state index in [-0.39, 0.29) is 24.3 Å². The molecule has 2 heterocycles. The summed E-state index contributed by atoms with van der Waals surface area (Å²) in [6, 6.07) is 13.0. The van der Waals surface area contributed by atoms with Gasteiger partial charge in [0.2, 0.25) is 5.91 Å². The first-order valence-corrected chi connectivity index (χ1v) is 14.2. The molecular weight excluding hydrogens is 490 g/mol. The van der Waals surface area contributed by atoms with E-state index in [4.69, 9.17) is 5.73 Å². The molecule has 2 amide bonds. The van der Waals surface area contributed by atoms with E-state index in [1.165, 1.54) is 0 Å². The molecule has 39 heavy (non-hydrogen) atoms. The third-order valence-electron chi connectivity index (χ3n) is 6.76. The molecule has 0 aliphatic carbocycles. The van der Waals surface area contributed by atoms with Gasteiger partial charge in [-0.25, -0.2) is 4.99 Å². The zero-order valence-electron chi connectivity index (χ0n) is 23.7. The lowest BCUT2D eigenvalue weighted by Gasteiger charge is -2.31. The molecule has 2 aliphatic heterocycles. The summed E-state index contributed by atoms with van der Waals surface area (Å²) < 4.78 is 0. The highest BCUT2D eigenvalue weighted by Gasteiger charge is 2.22. The molecule has 0 spiro atoms. The lowest BCUT2D eigenvalue weighted by Crippen LogP contribution is -2.35. The molecule has 1 saturated heterocycles. The second-order valence-electron chi connectivity index (χ2n) is 9.73. The van der Waals surface area contributed by atoms with E-state index in [1.807, 2.05) is 55.2 Å². The van der Waals surface area contributed by atoms with Crippen LogP contribution in [0, 0.1) is 0 Å². The highest BCUT2D eigenvalue weighted by Crippen LogP contribution is 2.29. The van der Waals surface area contributed by atoms with Crippen LogP contribution in [-0.4, -0.2) is 59.9 Å². The van der Waals surface area contributed by atoms with Crippen molar-refractivity contribution >= 4 is 40.8 Å². The van der Waals surface area contributed by atoms with E-state index in [2.05, 4.69) is 29.1 Å². The summed E-state index contributed by atoms with van der Waals surface area (Å²) in [4.78, 5) is 34.8. The first kappa shape index (κ1) is 29.9. The van der Waals surface area contributed by atoms with Crippen molar-refractivity contribution in [2.24, 2.45) is 10.7 Å². The number of nitrogens with one attached hydrogen (secondary N) is 1. The van der Waals surface area contributed by atoms with Crippen molar-refractivity contribution in [1.82, 2.24) is 4.90 Å². The van der Waals surface area contributed by atoms with Gasteiger partial charge in [-0.3, -0.25) is 9.59 Å². The second kappa shape index (κ2) is 14.5. The second-order valence-corrected chi connectivity index (χ2v) is 9.73. The highest BCUT2D eigenvalue weighted by molar-refractivity contribution is 6.08. The van der Waals surface area contributed by atoms with Gasteiger partial charge in [0.15, 0.2) is 0 Å². The van der Waals surface area contributed by atoms with Crippen LogP contribution in [0.2, 0.25) is 0 Å². The standard InChI is InChI=1S/C29H37N5O3.C2H6/c1-3-13-34(14-4-2)29(37)22-17-20-5-6-21(18-26(20)32-27(30)19-22)28(36)31-23-7-9-24(10-8-23)33-15-11-25(35)12-16-33;1-2/h5-10,17-18,25,35H,3-4,11-16,19H2,1-2H3,(H2,30,32)(H,31,36);1-2H3. The van der Waals surface area contributed by atoms with Crippen LogP contribution in [0.15, 0.2) is 53.0 Å². The first-order chi connectivity index (χ1) is 18.9. The molecule has 2 aliphatic rings. The fourth-order valence-corrected chi connectivity index (χ4v) is 4.81. The number of hydrogen-bond acceptors (Lipinski definition) is 6. The Bertz CT molecular complexity index is 1180. The number of anilines is 2. The maximum absolute atomic E-state index is 13.2. The average Bonchev–Trinajstić information content (AvgIpc) is 3.12.